The number of anilines is 1. The number of nitrogens with zero attached hydrogens (tertiary/aromatic N) is 2. The molecule has 0 aromatic heterocycles. The molecule has 0 unspecified atom stereocenters. The van der Waals surface area contributed by atoms with Gasteiger partial charge in [-0.25, -0.2) is 0 Å². The van der Waals surface area contributed by atoms with Gasteiger partial charge in [-0.1, -0.05) is 6.07 Å². The number of phenolic OH excluding ortho intramolecular Hbond substituents is 1. The summed E-state index contributed by atoms with van der Waals surface area (Å²) in [5.74, 6) is 0.399. The molecule has 0 fully saturated rings. The predicted octanol–water partition coefficient (Wildman–Crippen LogP) is 1.87. The maximum absolute atomic E-state index is 9.93. The van der Waals surface area contributed by atoms with Gasteiger partial charge in [-0.2, -0.15) is 0 Å². The summed E-state index contributed by atoms with van der Waals surface area (Å²) in [7, 11) is 8.05. The molecule has 16 heavy (non-hydrogen) atoms. The van der Waals surface area contributed by atoms with Crippen LogP contribution in [0.2, 0.25) is 0 Å². The van der Waals surface area contributed by atoms with Gasteiger partial charge in [0.2, 0.25) is 0 Å². The summed E-state index contributed by atoms with van der Waals surface area (Å²) in [5.41, 5.74) is 3.31. The van der Waals surface area contributed by atoms with E-state index in [1.165, 1.54) is 5.56 Å². The molecule has 0 aliphatic rings. The third kappa shape index (κ3) is 3.14. The van der Waals surface area contributed by atoms with Crippen molar-refractivity contribution in [2.75, 3.05) is 39.6 Å². The molecule has 1 N–H and O–H groups in total. The van der Waals surface area contributed by atoms with Crippen molar-refractivity contribution in [2.24, 2.45) is 0 Å². The minimum atomic E-state index is 0.399. The molecule has 0 aliphatic heterocycles. The number of aromatic hydroxyl groups is 1. The summed E-state index contributed by atoms with van der Waals surface area (Å²) < 4.78 is 0. The number of hydrogen-bond donors (Lipinski definition) is 1. The highest BCUT2D eigenvalue weighted by molar-refractivity contribution is 5.58. The average molecular weight is 222 g/mol. The van der Waals surface area contributed by atoms with Crippen LogP contribution in [0.5, 0.6) is 5.75 Å². The number of hydrogen-bond acceptors (Lipinski definition) is 3. The number of rotatable bonds is 4. The van der Waals surface area contributed by atoms with Crippen LogP contribution in [0.3, 0.4) is 0 Å². The Hall–Kier alpha value is -1.22. The summed E-state index contributed by atoms with van der Waals surface area (Å²) >= 11 is 0. The normalized spacial score (nSPS) is 10.9. The van der Waals surface area contributed by atoms with E-state index in [0.29, 0.717) is 5.75 Å². The lowest BCUT2D eigenvalue weighted by atomic mass is 10.0. The van der Waals surface area contributed by atoms with E-state index in [9.17, 15) is 5.11 Å². The molecular weight excluding hydrogens is 200 g/mol. The molecule has 1 aromatic rings. The molecule has 0 saturated heterocycles. The zero-order valence-electron chi connectivity index (χ0n) is 10.9. The molecular formula is C13H22N2O. The standard InChI is InChI=1S/C13H22N2O/c1-10-8-11(6-7-14(2)3)13(16)9-12(10)15(4)5/h8-9,16H,6-7H2,1-5H3. The minimum absolute atomic E-state index is 0.399. The van der Waals surface area contributed by atoms with E-state index in [-0.39, 0.29) is 0 Å². The Balaban J connectivity index is 2.92. The molecule has 3 heteroatoms. The fourth-order valence-corrected chi connectivity index (χ4v) is 1.77. The van der Waals surface area contributed by atoms with Gasteiger partial charge in [0.15, 0.2) is 0 Å². The lowest BCUT2D eigenvalue weighted by Gasteiger charge is -2.18. The van der Waals surface area contributed by atoms with E-state index in [2.05, 4.69) is 17.9 Å². The molecule has 0 aliphatic carbocycles. The molecule has 0 bridgehead atoms. The van der Waals surface area contributed by atoms with Crippen LogP contribution in [-0.2, 0) is 6.42 Å². The maximum Gasteiger partial charge on any atom is 0.120 e. The number of benzene rings is 1. The Kier molecular flexibility index (Phi) is 4.19. The van der Waals surface area contributed by atoms with E-state index in [1.807, 2.05) is 39.2 Å². The second kappa shape index (κ2) is 5.21. The van der Waals surface area contributed by atoms with Gasteiger partial charge in [-0.3, -0.25) is 0 Å². The van der Waals surface area contributed by atoms with Gasteiger partial charge in [0.25, 0.3) is 0 Å². The molecule has 3 nitrogen and oxygen atoms in total. The molecule has 0 spiro atoms. The maximum atomic E-state index is 9.93. The molecule has 0 radical (unpaired) electrons. The van der Waals surface area contributed by atoms with Crippen LogP contribution in [0, 0.1) is 6.92 Å². The first-order valence-corrected chi connectivity index (χ1v) is 5.56. The predicted molar refractivity (Wildman–Crippen MR) is 69.4 cm³/mol. The van der Waals surface area contributed by atoms with Gasteiger partial charge in [0, 0.05) is 32.4 Å². The van der Waals surface area contributed by atoms with Crippen LogP contribution >= 0.6 is 0 Å². The van der Waals surface area contributed by atoms with Gasteiger partial charge in [-0.05, 0) is 38.6 Å². The van der Waals surface area contributed by atoms with Crippen molar-refractivity contribution in [2.45, 2.75) is 13.3 Å². The smallest absolute Gasteiger partial charge is 0.120 e. The van der Waals surface area contributed by atoms with Gasteiger partial charge < -0.3 is 14.9 Å². The van der Waals surface area contributed by atoms with Gasteiger partial charge in [0.1, 0.15) is 5.75 Å². The Morgan fingerprint density at radius 3 is 2.25 bits per heavy atom. The molecule has 1 aromatic carbocycles. The molecule has 90 valence electrons. The van der Waals surface area contributed by atoms with Crippen molar-refractivity contribution in [3.8, 4) is 5.75 Å². The van der Waals surface area contributed by atoms with Crippen molar-refractivity contribution in [1.82, 2.24) is 4.90 Å². The minimum Gasteiger partial charge on any atom is -0.508 e. The van der Waals surface area contributed by atoms with E-state index < -0.39 is 0 Å². The van der Waals surface area contributed by atoms with Crippen LogP contribution in [0.4, 0.5) is 5.69 Å². The quantitative estimate of drug-likeness (QED) is 0.842. The lowest BCUT2D eigenvalue weighted by Crippen LogP contribution is -2.15. The lowest BCUT2D eigenvalue weighted by molar-refractivity contribution is 0.406. The Morgan fingerprint density at radius 1 is 1.12 bits per heavy atom. The Labute approximate surface area is 98.3 Å². The first-order valence-electron chi connectivity index (χ1n) is 5.56. The number of phenols is 1. The Morgan fingerprint density at radius 2 is 1.75 bits per heavy atom. The van der Waals surface area contributed by atoms with Crippen molar-refractivity contribution in [3.05, 3.63) is 23.3 Å². The number of aryl methyl sites for hydroxylation is 1. The second-order valence-electron chi connectivity index (χ2n) is 4.72. The zero-order chi connectivity index (χ0) is 12.3. The van der Waals surface area contributed by atoms with E-state index in [0.717, 1.165) is 24.2 Å². The van der Waals surface area contributed by atoms with Gasteiger partial charge >= 0.3 is 0 Å². The van der Waals surface area contributed by atoms with E-state index in [1.54, 1.807) is 0 Å². The zero-order valence-corrected chi connectivity index (χ0v) is 10.9. The van der Waals surface area contributed by atoms with Crippen LogP contribution in [-0.4, -0.2) is 44.7 Å². The summed E-state index contributed by atoms with van der Waals surface area (Å²) in [4.78, 5) is 4.14. The van der Waals surface area contributed by atoms with Crippen LogP contribution in [0.15, 0.2) is 12.1 Å². The highest BCUT2D eigenvalue weighted by Crippen LogP contribution is 2.28. The van der Waals surface area contributed by atoms with E-state index in [4.69, 9.17) is 0 Å². The highest BCUT2D eigenvalue weighted by Gasteiger charge is 2.08. The third-order valence-corrected chi connectivity index (χ3v) is 2.71. The fourth-order valence-electron chi connectivity index (χ4n) is 1.77. The fraction of sp³-hybridized carbons (Fsp3) is 0.538. The van der Waals surface area contributed by atoms with Crippen molar-refractivity contribution in [3.63, 3.8) is 0 Å². The molecule has 1 rings (SSSR count). The second-order valence-corrected chi connectivity index (χ2v) is 4.72. The van der Waals surface area contributed by atoms with Crippen LogP contribution in [0.25, 0.3) is 0 Å². The first-order chi connectivity index (χ1) is 7.41. The monoisotopic (exact) mass is 222 g/mol. The topological polar surface area (TPSA) is 26.7 Å². The molecule has 0 saturated carbocycles. The molecule has 0 amide bonds. The highest BCUT2D eigenvalue weighted by atomic mass is 16.3. The molecule has 0 heterocycles. The summed E-state index contributed by atoms with van der Waals surface area (Å²) in [5, 5.41) is 9.93. The largest absolute Gasteiger partial charge is 0.508 e. The van der Waals surface area contributed by atoms with Crippen molar-refractivity contribution >= 4 is 5.69 Å². The third-order valence-electron chi connectivity index (χ3n) is 2.71. The van der Waals surface area contributed by atoms with Crippen molar-refractivity contribution in [1.29, 1.82) is 0 Å². The summed E-state index contributed by atoms with van der Waals surface area (Å²) in [6.07, 6.45) is 0.882. The van der Waals surface area contributed by atoms with Crippen molar-refractivity contribution < 1.29 is 5.11 Å². The van der Waals surface area contributed by atoms with Crippen LogP contribution in [0.1, 0.15) is 11.1 Å². The number of likely N-dealkylation sites (N-methyl/N-ethyl adjacent to an activating group) is 1. The Bertz CT molecular complexity index is 359. The summed E-state index contributed by atoms with van der Waals surface area (Å²) in [6.45, 7) is 3.03. The first kappa shape index (κ1) is 12.8. The SMILES string of the molecule is Cc1cc(CCN(C)C)c(O)cc1N(C)C. The van der Waals surface area contributed by atoms with Gasteiger partial charge in [0.05, 0.1) is 0 Å². The summed E-state index contributed by atoms with van der Waals surface area (Å²) in [6, 6.07) is 3.93. The van der Waals surface area contributed by atoms with Crippen LogP contribution < -0.4 is 4.90 Å². The van der Waals surface area contributed by atoms with E-state index >= 15 is 0 Å². The molecule has 0 atom stereocenters. The average Bonchev–Trinajstić information content (AvgIpc) is 2.18. The van der Waals surface area contributed by atoms with Gasteiger partial charge in [-0.15, -0.1) is 0 Å².